The Morgan fingerprint density at radius 1 is 0.431 bits per heavy atom. The standard InChI is InChI=1S/C62H100NO8P/c1-6-8-10-12-14-16-18-20-22-24-26-28-29-30-31-32-33-35-37-39-41-43-45-47-49-51-53-55-62(65)71-60(59-70-72(66,67)69-57-56-63(3,4)5)58-68-61(64)54-52-50-48-46-44-42-40-38-36-34-27-25-23-21-19-17-15-13-11-9-7-2/h8-11,14-17,20-23,26-28,30-31,33-35,38,40,44,46,60H,6-7,12-13,18-19,24-25,29,32,36-37,39,41-43,45,47-59H2,1-5H3/b10-8-,11-9-,16-14-,17-15-,22-20-,23-21-,28-26-,31-30-,34-27-,35-33-,40-38-,46-44-. The molecule has 0 aliphatic heterocycles. The number of rotatable bonds is 48. The van der Waals surface area contributed by atoms with E-state index in [-0.39, 0.29) is 26.1 Å². The highest BCUT2D eigenvalue weighted by Gasteiger charge is 2.21. The van der Waals surface area contributed by atoms with Crippen molar-refractivity contribution in [2.24, 2.45) is 0 Å². The molecule has 0 radical (unpaired) electrons. The number of esters is 2. The number of phosphoric acid groups is 1. The lowest BCUT2D eigenvalue weighted by atomic mass is 10.1. The molecule has 0 saturated heterocycles. The molecule has 0 rings (SSSR count). The van der Waals surface area contributed by atoms with Gasteiger partial charge in [-0.05, 0) is 116 Å². The summed E-state index contributed by atoms with van der Waals surface area (Å²) in [7, 11) is 1.11. The van der Waals surface area contributed by atoms with Crippen molar-refractivity contribution in [3.8, 4) is 0 Å². The van der Waals surface area contributed by atoms with Gasteiger partial charge in [0.1, 0.15) is 19.8 Å². The number of ether oxygens (including phenoxy) is 2. The largest absolute Gasteiger partial charge is 0.756 e. The van der Waals surface area contributed by atoms with E-state index in [1.54, 1.807) is 0 Å². The fourth-order valence-corrected chi connectivity index (χ4v) is 7.39. The van der Waals surface area contributed by atoms with Crippen LogP contribution in [0.5, 0.6) is 0 Å². The predicted octanol–water partition coefficient (Wildman–Crippen LogP) is 16.5. The molecule has 0 aromatic heterocycles. The third kappa shape index (κ3) is 55.2. The van der Waals surface area contributed by atoms with Gasteiger partial charge in [-0.15, -0.1) is 0 Å². The van der Waals surface area contributed by atoms with E-state index in [1.807, 2.05) is 21.1 Å². The molecule has 2 unspecified atom stereocenters. The van der Waals surface area contributed by atoms with Crippen LogP contribution >= 0.6 is 7.82 Å². The van der Waals surface area contributed by atoms with Crippen LogP contribution < -0.4 is 4.89 Å². The highest BCUT2D eigenvalue weighted by atomic mass is 31.2. The molecule has 0 bridgehead atoms. The quantitative estimate of drug-likeness (QED) is 0.0195. The Labute approximate surface area is 440 Å². The highest BCUT2D eigenvalue weighted by Crippen LogP contribution is 2.38. The first-order valence-corrected chi connectivity index (χ1v) is 29.0. The number of hydrogen-bond acceptors (Lipinski definition) is 8. The lowest BCUT2D eigenvalue weighted by Gasteiger charge is -2.28. The van der Waals surface area contributed by atoms with Crippen molar-refractivity contribution in [3.63, 3.8) is 0 Å². The molecule has 72 heavy (non-hydrogen) atoms. The third-order valence-electron chi connectivity index (χ3n) is 10.9. The molecule has 406 valence electrons. The second-order valence-electron chi connectivity index (χ2n) is 18.8. The SMILES string of the molecule is CC/C=C\C/C=C\C/C=C\C/C=C\C/C=C\C/C=C\CCCCCCCCCCC(=O)OC(COC(=O)CCCC/C=C\C/C=C\C/C=C\C/C=C\C/C=C\C/C=C\CC)COP(=O)([O-])OCC[N+](C)(C)C. The lowest BCUT2D eigenvalue weighted by molar-refractivity contribution is -0.870. The summed E-state index contributed by atoms with van der Waals surface area (Å²) in [5.41, 5.74) is 0. The van der Waals surface area contributed by atoms with Gasteiger partial charge in [-0.25, -0.2) is 0 Å². The van der Waals surface area contributed by atoms with E-state index in [4.69, 9.17) is 18.5 Å². The number of quaternary nitrogens is 1. The summed E-state index contributed by atoms with van der Waals surface area (Å²) < 4.78 is 34.1. The smallest absolute Gasteiger partial charge is 0.306 e. The molecule has 0 fully saturated rings. The number of phosphoric ester groups is 1. The summed E-state index contributed by atoms with van der Waals surface area (Å²) in [5, 5.41) is 0. The van der Waals surface area contributed by atoms with E-state index in [9.17, 15) is 19.0 Å². The van der Waals surface area contributed by atoms with Gasteiger partial charge in [0.15, 0.2) is 6.10 Å². The number of allylic oxidation sites excluding steroid dienone is 24. The molecule has 0 saturated carbocycles. The molecule has 0 heterocycles. The summed E-state index contributed by atoms with van der Waals surface area (Å²) in [6.07, 6.45) is 76.0. The normalized spacial score (nSPS) is 14.5. The summed E-state index contributed by atoms with van der Waals surface area (Å²) in [6, 6.07) is 0. The first kappa shape index (κ1) is 67.9. The summed E-state index contributed by atoms with van der Waals surface area (Å²) >= 11 is 0. The van der Waals surface area contributed by atoms with E-state index in [1.165, 1.54) is 25.7 Å². The number of carbonyl (C=O) groups is 2. The first-order valence-electron chi connectivity index (χ1n) is 27.5. The zero-order valence-electron chi connectivity index (χ0n) is 45.8. The van der Waals surface area contributed by atoms with Crippen LogP contribution in [0, 0.1) is 0 Å². The molecule has 9 nitrogen and oxygen atoms in total. The van der Waals surface area contributed by atoms with Crippen molar-refractivity contribution < 1.29 is 42.1 Å². The summed E-state index contributed by atoms with van der Waals surface area (Å²) in [4.78, 5) is 37.8. The van der Waals surface area contributed by atoms with Crippen LogP contribution in [0.15, 0.2) is 146 Å². The van der Waals surface area contributed by atoms with Crippen molar-refractivity contribution in [2.75, 3.05) is 47.5 Å². The van der Waals surface area contributed by atoms with Gasteiger partial charge in [0.25, 0.3) is 7.82 Å². The van der Waals surface area contributed by atoms with E-state index in [0.717, 1.165) is 116 Å². The molecule has 0 N–H and O–H groups in total. The molecule has 0 aliphatic carbocycles. The number of hydrogen-bond donors (Lipinski definition) is 0. The number of likely N-dealkylation sites (N-methyl/N-ethyl adjacent to an activating group) is 1. The molecule has 2 atom stereocenters. The minimum Gasteiger partial charge on any atom is -0.756 e. The van der Waals surface area contributed by atoms with Crippen molar-refractivity contribution in [1.29, 1.82) is 0 Å². The fraction of sp³-hybridized carbons (Fsp3) is 0.581. The molecule has 0 amide bonds. The second kappa shape index (κ2) is 51.8. The summed E-state index contributed by atoms with van der Waals surface area (Å²) in [5.74, 6) is -0.908. The van der Waals surface area contributed by atoms with Gasteiger partial charge in [-0.2, -0.15) is 0 Å². The third-order valence-corrected chi connectivity index (χ3v) is 11.8. The maximum atomic E-state index is 12.8. The first-order chi connectivity index (χ1) is 35.0. The molecular weight excluding hydrogens is 918 g/mol. The Hall–Kier alpha value is -4.11. The maximum Gasteiger partial charge on any atom is 0.306 e. The van der Waals surface area contributed by atoms with Crippen LogP contribution in [0.3, 0.4) is 0 Å². The second-order valence-corrected chi connectivity index (χ2v) is 20.2. The average Bonchev–Trinajstić information content (AvgIpc) is 3.34. The maximum absolute atomic E-state index is 12.8. The van der Waals surface area contributed by atoms with E-state index in [0.29, 0.717) is 23.9 Å². The van der Waals surface area contributed by atoms with Gasteiger partial charge < -0.3 is 27.9 Å². The molecule has 0 spiro atoms. The Bertz CT molecular complexity index is 1720. The fourth-order valence-electron chi connectivity index (χ4n) is 6.66. The van der Waals surface area contributed by atoms with Crippen molar-refractivity contribution in [2.45, 2.75) is 187 Å². The minimum atomic E-state index is -4.66. The molecule has 0 aromatic rings. The van der Waals surface area contributed by atoms with Crippen LogP contribution in [-0.4, -0.2) is 70.0 Å². The monoisotopic (exact) mass is 1020 g/mol. The van der Waals surface area contributed by atoms with Crippen molar-refractivity contribution in [3.05, 3.63) is 146 Å². The van der Waals surface area contributed by atoms with E-state index >= 15 is 0 Å². The topological polar surface area (TPSA) is 111 Å². The van der Waals surface area contributed by atoms with Gasteiger partial charge in [-0.1, -0.05) is 198 Å². The van der Waals surface area contributed by atoms with Crippen LogP contribution in [-0.2, 0) is 32.7 Å². The zero-order valence-corrected chi connectivity index (χ0v) is 46.7. The highest BCUT2D eigenvalue weighted by molar-refractivity contribution is 7.45. The molecule has 0 aliphatic rings. The number of nitrogens with zero attached hydrogens (tertiary/aromatic N) is 1. The van der Waals surface area contributed by atoms with Gasteiger partial charge in [0.2, 0.25) is 0 Å². The van der Waals surface area contributed by atoms with Gasteiger partial charge in [0, 0.05) is 12.8 Å². The van der Waals surface area contributed by atoms with Crippen molar-refractivity contribution >= 4 is 19.8 Å². The van der Waals surface area contributed by atoms with Gasteiger partial charge in [0.05, 0.1) is 27.7 Å². The zero-order chi connectivity index (χ0) is 52.7. The van der Waals surface area contributed by atoms with Crippen LogP contribution in [0.1, 0.15) is 181 Å². The van der Waals surface area contributed by atoms with Crippen LogP contribution in [0.2, 0.25) is 0 Å². The van der Waals surface area contributed by atoms with Crippen LogP contribution in [0.25, 0.3) is 0 Å². The number of carbonyl (C=O) groups excluding carboxylic acids is 2. The van der Waals surface area contributed by atoms with Gasteiger partial charge in [-0.3, -0.25) is 14.2 Å². The Balaban J connectivity index is 4.34. The van der Waals surface area contributed by atoms with Crippen LogP contribution in [0.4, 0.5) is 0 Å². The van der Waals surface area contributed by atoms with Crippen molar-refractivity contribution in [1.82, 2.24) is 0 Å². The van der Waals surface area contributed by atoms with Gasteiger partial charge >= 0.3 is 11.9 Å². The predicted molar refractivity (Wildman–Crippen MR) is 304 cm³/mol. The Kier molecular flexibility index (Phi) is 48.8. The number of unbranched alkanes of at least 4 members (excludes halogenated alkanes) is 10. The minimum absolute atomic E-state index is 0.0490. The molecule has 10 heteroatoms. The van der Waals surface area contributed by atoms with E-state index < -0.39 is 32.5 Å². The molecular formula is C62H100NO8P. The Morgan fingerprint density at radius 3 is 1.14 bits per heavy atom. The average molecular weight is 1020 g/mol. The van der Waals surface area contributed by atoms with E-state index in [2.05, 4.69) is 160 Å². The summed E-state index contributed by atoms with van der Waals surface area (Å²) in [6.45, 7) is 3.92. The molecule has 0 aromatic carbocycles. The lowest BCUT2D eigenvalue weighted by Crippen LogP contribution is -2.37. The Morgan fingerprint density at radius 2 is 0.750 bits per heavy atom.